The molecule has 0 amide bonds. The Morgan fingerprint density at radius 2 is 2.04 bits per heavy atom. The van der Waals surface area contributed by atoms with Crippen molar-refractivity contribution in [2.24, 2.45) is 0 Å². The Hall–Kier alpha value is -2.61. The summed E-state index contributed by atoms with van der Waals surface area (Å²) >= 11 is 0. The molecule has 1 aliphatic heterocycles. The molecule has 0 spiro atoms. The third kappa shape index (κ3) is 5.69. The number of pyridine rings is 1. The van der Waals surface area contributed by atoms with Crippen LogP contribution in [0.2, 0.25) is 0 Å². The van der Waals surface area contributed by atoms with E-state index in [1.54, 1.807) is 12.4 Å². The predicted octanol–water partition coefficient (Wildman–Crippen LogP) is 3.53. The third-order valence-corrected chi connectivity index (χ3v) is 4.42. The second-order valence-electron chi connectivity index (χ2n) is 6.60. The standard InChI is InChI=1S/C20H21F3N2O3/c21-20(22,23)19(26)27-8-2-4-14-3-1-5-15(9-14)16-10-18(12-24-11-16)28-13-17-6-7-25-17/h1,3,5,9-12,17,25H,2,4,6-8,13H2/t17-/m1/s1. The molecule has 5 nitrogen and oxygen atoms in total. The Morgan fingerprint density at radius 3 is 2.75 bits per heavy atom. The Bertz CT molecular complexity index is 807. The maximum atomic E-state index is 12.1. The lowest BCUT2D eigenvalue weighted by atomic mass is 10.0. The molecule has 2 heterocycles. The zero-order chi connectivity index (χ0) is 20.0. The second kappa shape index (κ2) is 9.05. The quantitative estimate of drug-likeness (QED) is 0.548. The lowest BCUT2D eigenvalue weighted by Gasteiger charge is -2.27. The molecule has 1 fully saturated rings. The van der Waals surface area contributed by atoms with Crippen molar-refractivity contribution >= 4 is 5.97 Å². The predicted molar refractivity (Wildman–Crippen MR) is 96.9 cm³/mol. The molecule has 0 unspecified atom stereocenters. The maximum absolute atomic E-state index is 12.1. The molecule has 0 radical (unpaired) electrons. The number of halogens is 3. The topological polar surface area (TPSA) is 60.5 Å². The van der Waals surface area contributed by atoms with Crippen LogP contribution in [0.1, 0.15) is 18.4 Å². The fourth-order valence-corrected chi connectivity index (χ4v) is 2.77. The molecule has 1 N–H and O–H groups in total. The number of alkyl halides is 3. The van der Waals surface area contributed by atoms with Crippen molar-refractivity contribution in [2.45, 2.75) is 31.5 Å². The van der Waals surface area contributed by atoms with Gasteiger partial charge < -0.3 is 14.8 Å². The normalized spacial score (nSPS) is 16.3. The molecule has 0 aliphatic carbocycles. The van der Waals surface area contributed by atoms with Crippen LogP contribution in [0.4, 0.5) is 13.2 Å². The smallest absolute Gasteiger partial charge is 0.490 e. The van der Waals surface area contributed by atoms with Gasteiger partial charge in [0.25, 0.3) is 0 Å². The average Bonchev–Trinajstić information content (AvgIpc) is 2.63. The second-order valence-corrected chi connectivity index (χ2v) is 6.60. The maximum Gasteiger partial charge on any atom is 0.490 e. The van der Waals surface area contributed by atoms with Crippen LogP contribution in [0.25, 0.3) is 11.1 Å². The summed E-state index contributed by atoms with van der Waals surface area (Å²) in [7, 11) is 0. The number of nitrogens with one attached hydrogen (secondary N) is 1. The molecule has 0 saturated carbocycles. The monoisotopic (exact) mass is 394 g/mol. The molecule has 2 aromatic rings. The molecule has 8 heteroatoms. The zero-order valence-electron chi connectivity index (χ0n) is 15.2. The highest BCUT2D eigenvalue weighted by atomic mass is 19.4. The number of esters is 1. The first-order valence-electron chi connectivity index (χ1n) is 9.06. The minimum Gasteiger partial charge on any atom is -0.490 e. The van der Waals surface area contributed by atoms with E-state index >= 15 is 0 Å². The number of rotatable bonds is 8. The van der Waals surface area contributed by atoms with E-state index < -0.39 is 12.1 Å². The first kappa shape index (κ1) is 20.1. The van der Waals surface area contributed by atoms with Gasteiger partial charge in [0.2, 0.25) is 0 Å². The van der Waals surface area contributed by atoms with Gasteiger partial charge in [-0.3, -0.25) is 4.98 Å². The van der Waals surface area contributed by atoms with E-state index in [4.69, 9.17) is 4.74 Å². The van der Waals surface area contributed by atoms with Crippen molar-refractivity contribution in [3.8, 4) is 16.9 Å². The van der Waals surface area contributed by atoms with Crippen molar-refractivity contribution in [3.05, 3.63) is 48.3 Å². The van der Waals surface area contributed by atoms with Gasteiger partial charge in [-0.05, 0) is 43.0 Å². The highest BCUT2D eigenvalue weighted by molar-refractivity contribution is 5.75. The van der Waals surface area contributed by atoms with Gasteiger partial charge in [0, 0.05) is 17.8 Å². The van der Waals surface area contributed by atoms with Crippen molar-refractivity contribution in [3.63, 3.8) is 0 Å². The van der Waals surface area contributed by atoms with Gasteiger partial charge >= 0.3 is 12.1 Å². The first-order valence-corrected chi connectivity index (χ1v) is 9.06. The molecule has 28 heavy (non-hydrogen) atoms. The summed E-state index contributed by atoms with van der Waals surface area (Å²) in [5.74, 6) is -1.46. The van der Waals surface area contributed by atoms with Gasteiger partial charge in [-0.1, -0.05) is 24.3 Å². The molecule has 1 aromatic heterocycles. The van der Waals surface area contributed by atoms with E-state index in [1.165, 1.54) is 0 Å². The van der Waals surface area contributed by atoms with Crippen LogP contribution in [0.3, 0.4) is 0 Å². The molecule has 1 aromatic carbocycles. The first-order chi connectivity index (χ1) is 13.4. The molecule has 0 bridgehead atoms. The molecule has 1 atom stereocenters. The Balaban J connectivity index is 1.54. The van der Waals surface area contributed by atoms with Crippen LogP contribution < -0.4 is 10.1 Å². The van der Waals surface area contributed by atoms with Gasteiger partial charge in [-0.2, -0.15) is 13.2 Å². The van der Waals surface area contributed by atoms with Crippen LogP contribution in [0.5, 0.6) is 5.75 Å². The lowest BCUT2D eigenvalue weighted by Crippen LogP contribution is -2.46. The van der Waals surface area contributed by atoms with Gasteiger partial charge in [-0.15, -0.1) is 0 Å². The molecular formula is C20H21F3N2O3. The SMILES string of the molecule is O=C(OCCCc1cccc(-c2cncc(OC[C@H]3CCN3)c2)c1)C(F)(F)F. The zero-order valence-corrected chi connectivity index (χ0v) is 15.2. The van der Waals surface area contributed by atoms with Crippen LogP contribution in [-0.2, 0) is 16.0 Å². The van der Waals surface area contributed by atoms with Gasteiger partial charge in [0.05, 0.1) is 12.8 Å². The minimum atomic E-state index is -4.95. The number of ether oxygens (including phenoxy) is 2. The van der Waals surface area contributed by atoms with Crippen molar-refractivity contribution < 1.29 is 27.4 Å². The summed E-state index contributed by atoms with van der Waals surface area (Å²) < 4.78 is 46.3. The number of carbonyl (C=O) groups excluding carboxylic acids is 1. The number of aryl methyl sites for hydroxylation is 1. The van der Waals surface area contributed by atoms with Gasteiger partial charge in [-0.25, -0.2) is 4.79 Å². The van der Waals surface area contributed by atoms with E-state index in [1.807, 2.05) is 30.3 Å². The highest BCUT2D eigenvalue weighted by Crippen LogP contribution is 2.24. The van der Waals surface area contributed by atoms with Crippen LogP contribution in [-0.4, -0.2) is 42.9 Å². The molecule has 1 aliphatic rings. The number of carbonyl (C=O) groups is 1. The fourth-order valence-electron chi connectivity index (χ4n) is 2.77. The van der Waals surface area contributed by atoms with Crippen molar-refractivity contribution in [2.75, 3.05) is 19.8 Å². The number of aromatic nitrogens is 1. The number of benzene rings is 1. The van der Waals surface area contributed by atoms with E-state index in [0.29, 0.717) is 31.2 Å². The summed E-state index contributed by atoms with van der Waals surface area (Å²) in [5.41, 5.74) is 2.76. The molecule has 150 valence electrons. The summed E-state index contributed by atoms with van der Waals surface area (Å²) in [5, 5.41) is 3.27. The van der Waals surface area contributed by atoms with E-state index in [-0.39, 0.29) is 6.61 Å². The summed E-state index contributed by atoms with van der Waals surface area (Å²) in [6, 6.07) is 9.93. The molecule has 1 saturated heterocycles. The van der Waals surface area contributed by atoms with E-state index in [2.05, 4.69) is 15.0 Å². The molecular weight excluding hydrogens is 373 g/mol. The fraction of sp³-hybridized carbons (Fsp3) is 0.400. The Kier molecular flexibility index (Phi) is 6.51. The summed E-state index contributed by atoms with van der Waals surface area (Å²) in [6.45, 7) is 1.35. The van der Waals surface area contributed by atoms with Crippen LogP contribution in [0, 0.1) is 0 Å². The third-order valence-electron chi connectivity index (χ3n) is 4.42. The number of nitrogens with zero attached hydrogens (tertiary/aromatic N) is 1. The van der Waals surface area contributed by atoms with E-state index in [0.717, 1.165) is 29.7 Å². The Labute approximate surface area is 160 Å². The Morgan fingerprint density at radius 1 is 1.21 bits per heavy atom. The molecule has 3 rings (SSSR count). The number of hydrogen-bond donors (Lipinski definition) is 1. The van der Waals surface area contributed by atoms with Crippen molar-refractivity contribution in [1.82, 2.24) is 10.3 Å². The summed E-state index contributed by atoms with van der Waals surface area (Å²) in [6.07, 6.45) is 0.360. The van der Waals surface area contributed by atoms with Crippen LogP contribution >= 0.6 is 0 Å². The number of hydrogen-bond acceptors (Lipinski definition) is 5. The van der Waals surface area contributed by atoms with Crippen molar-refractivity contribution in [1.29, 1.82) is 0 Å². The van der Waals surface area contributed by atoms with Gasteiger partial charge in [0.15, 0.2) is 0 Å². The van der Waals surface area contributed by atoms with Crippen LogP contribution in [0.15, 0.2) is 42.7 Å². The minimum absolute atomic E-state index is 0.275. The summed E-state index contributed by atoms with van der Waals surface area (Å²) in [4.78, 5) is 14.9. The lowest BCUT2D eigenvalue weighted by molar-refractivity contribution is -0.199. The average molecular weight is 394 g/mol. The highest BCUT2D eigenvalue weighted by Gasteiger charge is 2.40. The largest absolute Gasteiger partial charge is 0.490 e. The van der Waals surface area contributed by atoms with E-state index in [9.17, 15) is 18.0 Å². The van der Waals surface area contributed by atoms with Gasteiger partial charge in [0.1, 0.15) is 12.4 Å².